The summed E-state index contributed by atoms with van der Waals surface area (Å²) in [7, 11) is 0. The number of carbonyl (C=O) groups excluding carboxylic acids is 1. The van der Waals surface area contributed by atoms with Crippen molar-refractivity contribution in [3.8, 4) is 0 Å². The molecule has 1 saturated heterocycles. The Balaban J connectivity index is 1.52. The number of amides is 1. The number of carbonyl (C=O) groups is 1. The van der Waals surface area contributed by atoms with Crippen LogP contribution in [0.3, 0.4) is 0 Å². The highest BCUT2D eigenvalue weighted by atomic mass is 32.1. The summed E-state index contributed by atoms with van der Waals surface area (Å²) in [5, 5.41) is 7.10. The molecule has 1 aromatic heterocycles. The van der Waals surface area contributed by atoms with E-state index in [1.54, 1.807) is 11.3 Å². The normalized spacial score (nSPS) is 16.5. The molecule has 0 bridgehead atoms. The number of benzene rings is 1. The second-order valence-corrected chi connectivity index (χ2v) is 6.44. The smallest absolute Gasteiger partial charge is 0.407 e. The molecule has 1 aliphatic heterocycles. The number of nitrogens with zero attached hydrogens (tertiary/aromatic N) is 1. The van der Waals surface area contributed by atoms with Crippen LogP contribution in [0.1, 0.15) is 17.2 Å². The number of thiophene rings is 1. The van der Waals surface area contributed by atoms with Crippen LogP contribution < -0.4 is 5.32 Å². The van der Waals surface area contributed by atoms with Gasteiger partial charge in [-0.15, -0.1) is 0 Å². The molecule has 2 heterocycles. The van der Waals surface area contributed by atoms with Gasteiger partial charge in [-0.1, -0.05) is 30.3 Å². The van der Waals surface area contributed by atoms with E-state index in [0.717, 1.165) is 31.9 Å². The first-order valence-electron chi connectivity index (χ1n) is 8.11. The molecule has 0 saturated carbocycles. The Morgan fingerprint density at radius 1 is 1.25 bits per heavy atom. The van der Waals surface area contributed by atoms with Crippen molar-refractivity contribution in [1.82, 2.24) is 10.2 Å². The van der Waals surface area contributed by atoms with E-state index in [1.165, 1.54) is 5.56 Å². The minimum absolute atomic E-state index is 0.157. The van der Waals surface area contributed by atoms with Crippen LogP contribution in [0.2, 0.25) is 0 Å². The maximum Gasteiger partial charge on any atom is 0.407 e. The molecule has 0 radical (unpaired) electrons. The van der Waals surface area contributed by atoms with Crippen molar-refractivity contribution in [3.05, 3.63) is 58.3 Å². The number of morpholine rings is 1. The number of hydrogen-bond donors (Lipinski definition) is 1. The Kier molecular flexibility index (Phi) is 6.23. The van der Waals surface area contributed by atoms with Crippen LogP contribution in [0.4, 0.5) is 4.79 Å². The zero-order valence-electron chi connectivity index (χ0n) is 13.5. The first-order chi connectivity index (χ1) is 11.8. The van der Waals surface area contributed by atoms with Gasteiger partial charge in [0.15, 0.2) is 0 Å². The van der Waals surface area contributed by atoms with Crippen molar-refractivity contribution in [1.29, 1.82) is 0 Å². The predicted octanol–water partition coefficient (Wildman–Crippen LogP) is 3.05. The first kappa shape index (κ1) is 17.0. The van der Waals surface area contributed by atoms with Crippen molar-refractivity contribution in [2.45, 2.75) is 12.6 Å². The summed E-state index contributed by atoms with van der Waals surface area (Å²) >= 11 is 1.67. The average molecular weight is 346 g/mol. The Bertz CT molecular complexity index is 612. The average Bonchev–Trinajstić information content (AvgIpc) is 3.16. The van der Waals surface area contributed by atoms with E-state index in [1.807, 2.05) is 30.3 Å². The van der Waals surface area contributed by atoms with Crippen molar-refractivity contribution in [2.24, 2.45) is 0 Å². The van der Waals surface area contributed by atoms with Crippen LogP contribution >= 0.6 is 11.3 Å². The van der Waals surface area contributed by atoms with Gasteiger partial charge in [0, 0.05) is 19.6 Å². The molecule has 1 amide bonds. The molecule has 1 aromatic carbocycles. The second-order valence-electron chi connectivity index (χ2n) is 5.66. The minimum Gasteiger partial charge on any atom is -0.445 e. The fraction of sp³-hybridized carbons (Fsp3) is 0.389. The maximum atomic E-state index is 12.0. The molecule has 0 aliphatic carbocycles. The van der Waals surface area contributed by atoms with Gasteiger partial charge in [-0.05, 0) is 28.0 Å². The summed E-state index contributed by atoms with van der Waals surface area (Å²) in [6.45, 7) is 4.04. The molecule has 128 valence electrons. The van der Waals surface area contributed by atoms with Gasteiger partial charge in [0.25, 0.3) is 0 Å². The highest BCUT2D eigenvalue weighted by molar-refractivity contribution is 7.07. The number of ether oxygens (including phenoxy) is 2. The zero-order valence-corrected chi connectivity index (χ0v) is 14.3. The highest BCUT2D eigenvalue weighted by Gasteiger charge is 2.23. The summed E-state index contributed by atoms with van der Waals surface area (Å²) in [5.74, 6) is 0. The molecule has 5 nitrogen and oxygen atoms in total. The summed E-state index contributed by atoms with van der Waals surface area (Å²) < 4.78 is 10.7. The van der Waals surface area contributed by atoms with Crippen molar-refractivity contribution >= 4 is 17.4 Å². The summed E-state index contributed by atoms with van der Waals surface area (Å²) in [4.78, 5) is 14.3. The molecule has 24 heavy (non-hydrogen) atoms. The quantitative estimate of drug-likeness (QED) is 0.873. The third kappa shape index (κ3) is 4.80. The molecule has 1 aliphatic rings. The second kappa shape index (κ2) is 8.82. The summed E-state index contributed by atoms with van der Waals surface area (Å²) in [6.07, 6.45) is -0.382. The van der Waals surface area contributed by atoms with Crippen LogP contribution in [0.5, 0.6) is 0 Å². The van der Waals surface area contributed by atoms with Crippen molar-refractivity contribution in [2.75, 3.05) is 32.8 Å². The van der Waals surface area contributed by atoms with E-state index in [4.69, 9.17) is 9.47 Å². The molecule has 1 atom stereocenters. The van der Waals surface area contributed by atoms with Gasteiger partial charge in [0.1, 0.15) is 6.61 Å². The maximum absolute atomic E-state index is 12.0. The SMILES string of the molecule is O=C(NCC(c1ccsc1)N1CCOCC1)OCc1ccccc1. The van der Waals surface area contributed by atoms with E-state index in [9.17, 15) is 4.79 Å². The van der Waals surface area contributed by atoms with E-state index < -0.39 is 0 Å². The molecule has 3 rings (SSSR count). The van der Waals surface area contributed by atoms with Crippen LogP contribution in [-0.4, -0.2) is 43.8 Å². The Labute approximate surface area is 146 Å². The molecular formula is C18H22N2O3S. The van der Waals surface area contributed by atoms with E-state index in [2.05, 4.69) is 27.0 Å². The molecular weight excluding hydrogens is 324 g/mol. The monoisotopic (exact) mass is 346 g/mol. The van der Waals surface area contributed by atoms with Gasteiger partial charge in [-0.3, -0.25) is 4.90 Å². The third-order valence-corrected chi connectivity index (χ3v) is 4.77. The van der Waals surface area contributed by atoms with E-state index in [-0.39, 0.29) is 18.7 Å². The van der Waals surface area contributed by atoms with Gasteiger partial charge >= 0.3 is 6.09 Å². The van der Waals surface area contributed by atoms with Gasteiger partial charge in [-0.25, -0.2) is 4.79 Å². The number of hydrogen-bond acceptors (Lipinski definition) is 5. The molecule has 6 heteroatoms. The molecule has 1 N–H and O–H groups in total. The fourth-order valence-electron chi connectivity index (χ4n) is 2.77. The fourth-order valence-corrected chi connectivity index (χ4v) is 3.47. The lowest BCUT2D eigenvalue weighted by atomic mass is 10.1. The van der Waals surface area contributed by atoms with Crippen LogP contribution in [-0.2, 0) is 16.1 Å². The van der Waals surface area contributed by atoms with E-state index in [0.29, 0.717) is 6.54 Å². The lowest BCUT2D eigenvalue weighted by Crippen LogP contribution is -2.43. The standard InChI is InChI=1S/C18H22N2O3S/c21-18(23-13-15-4-2-1-3-5-15)19-12-17(16-6-11-24-14-16)20-7-9-22-10-8-20/h1-6,11,14,17H,7-10,12-13H2,(H,19,21). The van der Waals surface area contributed by atoms with Crippen molar-refractivity contribution in [3.63, 3.8) is 0 Å². The number of alkyl carbamates (subject to hydrolysis) is 1. The molecule has 2 aromatic rings. The largest absolute Gasteiger partial charge is 0.445 e. The van der Waals surface area contributed by atoms with Gasteiger partial charge in [0.2, 0.25) is 0 Å². The zero-order chi connectivity index (χ0) is 16.6. The third-order valence-electron chi connectivity index (χ3n) is 4.07. The first-order valence-corrected chi connectivity index (χ1v) is 9.05. The highest BCUT2D eigenvalue weighted by Crippen LogP contribution is 2.23. The summed E-state index contributed by atoms with van der Waals surface area (Å²) in [5.41, 5.74) is 2.21. The van der Waals surface area contributed by atoms with Gasteiger partial charge in [0.05, 0.1) is 19.3 Å². The Hall–Kier alpha value is -1.89. The lowest BCUT2D eigenvalue weighted by Gasteiger charge is -2.34. The van der Waals surface area contributed by atoms with Crippen LogP contribution in [0, 0.1) is 0 Å². The number of rotatable bonds is 6. The molecule has 1 fully saturated rings. The van der Waals surface area contributed by atoms with Crippen LogP contribution in [0.15, 0.2) is 47.2 Å². The Morgan fingerprint density at radius 2 is 2.04 bits per heavy atom. The topological polar surface area (TPSA) is 50.8 Å². The molecule has 0 spiro atoms. The molecule has 1 unspecified atom stereocenters. The Morgan fingerprint density at radius 3 is 2.75 bits per heavy atom. The van der Waals surface area contributed by atoms with E-state index >= 15 is 0 Å². The lowest BCUT2D eigenvalue weighted by molar-refractivity contribution is 0.0160. The van der Waals surface area contributed by atoms with Gasteiger partial charge in [-0.2, -0.15) is 11.3 Å². The number of nitrogens with one attached hydrogen (secondary N) is 1. The summed E-state index contributed by atoms with van der Waals surface area (Å²) in [6, 6.07) is 12.0. The predicted molar refractivity (Wildman–Crippen MR) is 94.1 cm³/mol. The van der Waals surface area contributed by atoms with Crippen molar-refractivity contribution < 1.29 is 14.3 Å². The van der Waals surface area contributed by atoms with Crippen LogP contribution in [0.25, 0.3) is 0 Å². The minimum atomic E-state index is -0.382. The van der Waals surface area contributed by atoms with Gasteiger partial charge < -0.3 is 14.8 Å².